The van der Waals surface area contributed by atoms with Crippen molar-refractivity contribution in [3.05, 3.63) is 86.5 Å². The van der Waals surface area contributed by atoms with Crippen molar-refractivity contribution >= 4 is 17.8 Å². The predicted octanol–water partition coefficient (Wildman–Crippen LogP) is 0.906. The summed E-state index contributed by atoms with van der Waals surface area (Å²) in [6.45, 7) is -1.17. The van der Waals surface area contributed by atoms with Gasteiger partial charge < -0.3 is 61.9 Å². The van der Waals surface area contributed by atoms with Crippen molar-refractivity contribution in [1.29, 1.82) is 0 Å². The number of aromatic nitrogens is 3. The van der Waals surface area contributed by atoms with Crippen molar-refractivity contribution in [1.82, 2.24) is 15.0 Å². The van der Waals surface area contributed by atoms with Crippen LogP contribution in [0.3, 0.4) is 0 Å². The molecule has 258 valence electrons. The molecule has 0 aliphatic carbocycles. The molecule has 4 rings (SSSR count). The molecule has 0 atom stereocenters. The van der Waals surface area contributed by atoms with Gasteiger partial charge >= 0.3 is 0 Å². The maximum absolute atomic E-state index is 10.2. The van der Waals surface area contributed by atoms with E-state index >= 15 is 0 Å². The number of benzene rings is 3. The van der Waals surface area contributed by atoms with Crippen LogP contribution < -0.4 is 16.0 Å². The molecule has 0 fully saturated rings. The Kier molecular flexibility index (Phi) is 13.1. The summed E-state index contributed by atoms with van der Waals surface area (Å²) in [6, 6.07) is 9.95. The molecule has 0 aliphatic heterocycles. The van der Waals surface area contributed by atoms with Crippen LogP contribution in [0.5, 0.6) is 17.2 Å². The molecular weight excluding hydrogens is 624 g/mol. The summed E-state index contributed by atoms with van der Waals surface area (Å²) < 4.78 is 0. The summed E-state index contributed by atoms with van der Waals surface area (Å²) >= 11 is 0. The molecule has 0 spiro atoms. The fraction of sp³-hybridized carbons (Fsp3) is 0.364. The number of anilines is 3. The molecule has 0 aliphatic rings. The third kappa shape index (κ3) is 9.19. The number of nitrogens with zero attached hydrogens (tertiary/aromatic N) is 3. The lowest BCUT2D eigenvalue weighted by Crippen LogP contribution is -2.16. The van der Waals surface area contributed by atoms with Gasteiger partial charge in [-0.3, -0.25) is 0 Å². The molecule has 0 saturated heterocycles. The second kappa shape index (κ2) is 17.4. The molecule has 0 saturated carbocycles. The lowest BCUT2D eigenvalue weighted by molar-refractivity contribution is 0.263. The SMILES string of the molecule is OCc1cc(CCNc2nc(NCCc3cc(CO)c(O)c(CO)c3)nc(NCCc3cc(CO)c(O)c(CO)c3)n2)cc(CO)c1O. The van der Waals surface area contributed by atoms with Crippen LogP contribution in [0.1, 0.15) is 50.1 Å². The Morgan fingerprint density at radius 1 is 0.375 bits per heavy atom. The van der Waals surface area contributed by atoms with Gasteiger partial charge in [0.2, 0.25) is 17.8 Å². The van der Waals surface area contributed by atoms with Gasteiger partial charge in [0, 0.05) is 53.0 Å². The summed E-state index contributed by atoms with van der Waals surface area (Å²) in [6.07, 6.45) is 1.37. The first kappa shape index (κ1) is 36.1. The molecule has 4 aromatic rings. The first-order valence-electron chi connectivity index (χ1n) is 15.4. The van der Waals surface area contributed by atoms with Crippen LogP contribution in [0.15, 0.2) is 36.4 Å². The van der Waals surface area contributed by atoms with Crippen molar-refractivity contribution in [3.63, 3.8) is 0 Å². The largest absolute Gasteiger partial charge is 0.507 e. The Hall–Kier alpha value is -4.77. The summed E-state index contributed by atoms with van der Waals surface area (Å²) in [5, 5.41) is 97.4. The van der Waals surface area contributed by atoms with Crippen molar-refractivity contribution in [2.75, 3.05) is 35.6 Å². The minimum absolute atomic E-state index is 0.138. The zero-order valence-electron chi connectivity index (χ0n) is 26.3. The molecule has 12 N–H and O–H groups in total. The molecule has 0 amide bonds. The van der Waals surface area contributed by atoms with E-state index in [-0.39, 0.29) is 74.7 Å². The monoisotopic (exact) mass is 666 g/mol. The highest BCUT2D eigenvalue weighted by molar-refractivity contribution is 5.47. The molecule has 15 nitrogen and oxygen atoms in total. The molecule has 0 radical (unpaired) electrons. The van der Waals surface area contributed by atoms with Gasteiger partial charge in [-0.1, -0.05) is 0 Å². The van der Waals surface area contributed by atoms with Crippen LogP contribution in [0.4, 0.5) is 17.8 Å². The zero-order valence-corrected chi connectivity index (χ0v) is 26.3. The van der Waals surface area contributed by atoms with E-state index in [1.165, 1.54) is 0 Å². The molecular formula is C33H42N6O9. The third-order valence-electron chi connectivity index (χ3n) is 7.73. The normalized spacial score (nSPS) is 11.1. The zero-order chi connectivity index (χ0) is 34.6. The van der Waals surface area contributed by atoms with E-state index in [1.807, 2.05) is 0 Å². The molecule has 15 heteroatoms. The minimum atomic E-state index is -0.378. The number of aliphatic hydroxyl groups is 6. The summed E-state index contributed by atoms with van der Waals surface area (Å²) in [5.74, 6) is 0.343. The number of hydrogen-bond donors (Lipinski definition) is 12. The van der Waals surface area contributed by atoms with Gasteiger partial charge in [-0.25, -0.2) is 0 Å². The van der Waals surface area contributed by atoms with E-state index in [9.17, 15) is 46.0 Å². The van der Waals surface area contributed by atoms with Crippen LogP contribution in [0.2, 0.25) is 0 Å². The number of nitrogens with one attached hydrogen (secondary N) is 3. The van der Waals surface area contributed by atoms with E-state index in [0.29, 0.717) is 72.3 Å². The van der Waals surface area contributed by atoms with Gasteiger partial charge in [0.25, 0.3) is 0 Å². The number of aromatic hydroxyl groups is 3. The standard InChI is InChI=1S/C33H42N6O9/c40-13-22-7-19(8-23(14-41)28(22)46)1-4-34-31-37-32(35-5-2-20-9-24(15-42)29(47)25(10-20)16-43)39-33(38-31)36-6-3-21-11-26(17-44)30(48)27(12-21)18-45/h7-12,40-48H,1-6,13-18H2,(H3,34,35,36,37,38,39). The van der Waals surface area contributed by atoms with E-state index in [4.69, 9.17) is 0 Å². The van der Waals surface area contributed by atoms with Crippen molar-refractivity contribution in [3.8, 4) is 17.2 Å². The highest BCUT2D eigenvalue weighted by atomic mass is 16.3. The Morgan fingerprint density at radius 3 is 0.771 bits per heavy atom. The van der Waals surface area contributed by atoms with Gasteiger partial charge in [-0.15, -0.1) is 0 Å². The lowest BCUT2D eigenvalue weighted by Gasteiger charge is -2.14. The second-order valence-corrected chi connectivity index (χ2v) is 11.1. The van der Waals surface area contributed by atoms with Gasteiger partial charge in [0.1, 0.15) is 17.2 Å². The Morgan fingerprint density at radius 2 is 0.583 bits per heavy atom. The van der Waals surface area contributed by atoms with Crippen LogP contribution in [-0.2, 0) is 58.9 Å². The molecule has 48 heavy (non-hydrogen) atoms. The molecule has 1 heterocycles. The minimum Gasteiger partial charge on any atom is -0.507 e. The average molecular weight is 667 g/mol. The van der Waals surface area contributed by atoms with Gasteiger partial charge in [-0.2, -0.15) is 15.0 Å². The molecule has 0 bridgehead atoms. The first-order chi connectivity index (χ1) is 23.2. The third-order valence-corrected chi connectivity index (χ3v) is 7.73. The average Bonchev–Trinajstić information content (AvgIpc) is 3.09. The Balaban J connectivity index is 1.49. The van der Waals surface area contributed by atoms with Crippen molar-refractivity contribution in [2.24, 2.45) is 0 Å². The van der Waals surface area contributed by atoms with E-state index < -0.39 is 0 Å². The molecule has 0 unspecified atom stereocenters. The topological polar surface area (TPSA) is 257 Å². The van der Waals surface area contributed by atoms with Gasteiger partial charge in [0.05, 0.1) is 39.6 Å². The fourth-order valence-corrected chi connectivity index (χ4v) is 5.22. The van der Waals surface area contributed by atoms with E-state index in [0.717, 1.165) is 16.7 Å². The van der Waals surface area contributed by atoms with E-state index in [1.54, 1.807) is 36.4 Å². The van der Waals surface area contributed by atoms with Crippen LogP contribution >= 0.6 is 0 Å². The smallest absolute Gasteiger partial charge is 0.229 e. The highest BCUT2D eigenvalue weighted by Gasteiger charge is 2.13. The van der Waals surface area contributed by atoms with Crippen LogP contribution in [0, 0.1) is 0 Å². The number of rotatable bonds is 18. The summed E-state index contributed by atoms with van der Waals surface area (Å²) in [5.41, 5.74) is 4.19. The quantitative estimate of drug-likeness (QED) is 0.0704. The lowest BCUT2D eigenvalue weighted by atomic mass is 10.0. The number of hydrogen-bond acceptors (Lipinski definition) is 15. The Bertz CT molecular complexity index is 1410. The summed E-state index contributed by atoms with van der Waals surface area (Å²) in [4.78, 5) is 13.4. The fourth-order valence-electron chi connectivity index (χ4n) is 5.22. The maximum Gasteiger partial charge on any atom is 0.229 e. The van der Waals surface area contributed by atoms with Gasteiger partial charge in [-0.05, 0) is 72.4 Å². The Labute approximate surface area is 276 Å². The van der Waals surface area contributed by atoms with Crippen LogP contribution in [-0.4, -0.2) is 80.5 Å². The van der Waals surface area contributed by atoms with Crippen molar-refractivity contribution in [2.45, 2.75) is 58.9 Å². The summed E-state index contributed by atoms with van der Waals surface area (Å²) in [7, 11) is 0. The number of aliphatic hydroxyl groups excluding tert-OH is 6. The van der Waals surface area contributed by atoms with Crippen LogP contribution in [0.25, 0.3) is 0 Å². The predicted molar refractivity (Wildman–Crippen MR) is 176 cm³/mol. The second-order valence-electron chi connectivity index (χ2n) is 11.1. The molecule has 3 aromatic carbocycles. The number of phenols is 3. The first-order valence-corrected chi connectivity index (χ1v) is 15.4. The highest BCUT2D eigenvalue weighted by Crippen LogP contribution is 2.27. The maximum atomic E-state index is 10.2. The van der Waals surface area contributed by atoms with E-state index in [2.05, 4.69) is 30.9 Å². The van der Waals surface area contributed by atoms with Crippen molar-refractivity contribution < 1.29 is 46.0 Å². The molecule has 1 aromatic heterocycles. The van der Waals surface area contributed by atoms with Gasteiger partial charge in [0.15, 0.2) is 0 Å².